The van der Waals surface area contributed by atoms with E-state index < -0.39 is 5.41 Å². The van der Waals surface area contributed by atoms with Crippen molar-refractivity contribution in [2.45, 2.75) is 138 Å². The van der Waals surface area contributed by atoms with Crippen molar-refractivity contribution < 1.29 is 23.9 Å². The van der Waals surface area contributed by atoms with Gasteiger partial charge in [0.2, 0.25) is 0 Å². The van der Waals surface area contributed by atoms with Gasteiger partial charge in [-0.15, -0.1) is 0 Å². The number of hydrogen-bond donors (Lipinski definition) is 2. The highest BCUT2D eigenvalue weighted by Crippen LogP contribution is 2.75. The summed E-state index contributed by atoms with van der Waals surface area (Å²) in [7, 11) is 1.50. The van der Waals surface area contributed by atoms with Crippen LogP contribution in [0.15, 0.2) is 11.6 Å². The van der Waals surface area contributed by atoms with Crippen LogP contribution in [0.4, 0.5) is 0 Å². The first kappa shape index (κ1) is 35.6. The first-order valence-electron chi connectivity index (χ1n) is 18.5. The SMILES string of the molecule is COC(=O)[C@@]1(C)CC[C@]2(C)CC[C@]3(C)C(=CC(=O)C4[C@@]5(C)CC[C@H](OC(=O)CNCCCCCCN)C(C)(C)C5CC[C@]43C)[C@@H]2C1. The van der Waals surface area contributed by atoms with Crippen LogP contribution < -0.4 is 11.1 Å². The largest absolute Gasteiger partial charge is 0.469 e. The molecule has 0 aromatic heterocycles. The highest BCUT2D eigenvalue weighted by Gasteiger charge is 2.70. The second kappa shape index (κ2) is 12.6. The standard InChI is InChI=1S/C39H64N2O5/c1-34(2)29-13-16-39(7)32(37(29,5)15-14-30(34)46-31(43)25-41-22-12-10-9-11-21-40)28(42)23-26-27-24-36(4,33(44)45-8)18-17-35(27,3)19-20-38(26,39)6/h23,27,29-30,32,41H,9-22,24-25,40H2,1-8H3/t27-,29?,30-,32?,35+,36-,37-,38+,39+/m0/s1. The number of esters is 2. The number of carbonyl (C=O) groups is 3. The summed E-state index contributed by atoms with van der Waals surface area (Å²) in [5.41, 5.74) is 5.84. The lowest BCUT2D eigenvalue weighted by Crippen LogP contribution is -2.66. The summed E-state index contributed by atoms with van der Waals surface area (Å²) in [5.74, 6) is 0.435. The number of rotatable bonds is 10. The van der Waals surface area contributed by atoms with Gasteiger partial charge in [-0.25, -0.2) is 0 Å². The predicted octanol–water partition coefficient (Wildman–Crippen LogP) is 7.16. The summed E-state index contributed by atoms with van der Waals surface area (Å²) >= 11 is 0. The number of ether oxygens (including phenoxy) is 2. The van der Waals surface area contributed by atoms with Crippen LogP contribution in [0.1, 0.15) is 132 Å². The van der Waals surface area contributed by atoms with Gasteiger partial charge in [-0.1, -0.05) is 60.0 Å². The summed E-state index contributed by atoms with van der Waals surface area (Å²) in [6.45, 7) is 18.1. The van der Waals surface area contributed by atoms with Gasteiger partial charge in [0, 0.05) is 11.3 Å². The molecule has 46 heavy (non-hydrogen) atoms. The number of carbonyl (C=O) groups excluding carboxylic acids is 3. The van der Waals surface area contributed by atoms with Gasteiger partial charge in [0.25, 0.3) is 0 Å². The number of ketones is 1. The molecule has 2 unspecified atom stereocenters. The zero-order valence-electron chi connectivity index (χ0n) is 30.3. The lowest BCUT2D eigenvalue weighted by Gasteiger charge is -2.70. The molecule has 0 bridgehead atoms. The third-order valence-corrected chi connectivity index (χ3v) is 15.0. The predicted molar refractivity (Wildman–Crippen MR) is 182 cm³/mol. The van der Waals surface area contributed by atoms with Crippen LogP contribution in [0.5, 0.6) is 0 Å². The number of hydrogen-bond acceptors (Lipinski definition) is 7. The summed E-state index contributed by atoms with van der Waals surface area (Å²) in [6, 6.07) is 0. The van der Waals surface area contributed by atoms with Gasteiger partial charge in [-0.3, -0.25) is 14.4 Å². The fraction of sp³-hybridized carbons (Fsp3) is 0.872. The first-order chi connectivity index (χ1) is 21.5. The van der Waals surface area contributed by atoms with E-state index in [4.69, 9.17) is 15.2 Å². The summed E-state index contributed by atoms with van der Waals surface area (Å²) < 4.78 is 11.5. The Hall–Kier alpha value is -1.73. The Labute approximate surface area is 278 Å². The topological polar surface area (TPSA) is 108 Å². The Morgan fingerprint density at radius 2 is 1.61 bits per heavy atom. The highest BCUT2D eigenvalue weighted by atomic mass is 16.5. The molecule has 5 rings (SSSR count). The molecular formula is C39H64N2O5. The van der Waals surface area contributed by atoms with Crippen molar-refractivity contribution in [1.29, 1.82) is 0 Å². The Morgan fingerprint density at radius 3 is 2.30 bits per heavy atom. The Bertz CT molecular complexity index is 1230. The van der Waals surface area contributed by atoms with Crippen LogP contribution in [0, 0.1) is 50.2 Å². The molecule has 0 amide bonds. The van der Waals surface area contributed by atoms with E-state index in [-0.39, 0.29) is 69.4 Å². The lowest BCUT2D eigenvalue weighted by molar-refractivity contribution is -0.210. The van der Waals surface area contributed by atoms with Gasteiger partial charge in [0.1, 0.15) is 6.10 Å². The van der Waals surface area contributed by atoms with E-state index in [1.54, 1.807) is 0 Å². The first-order valence-corrected chi connectivity index (χ1v) is 18.5. The zero-order chi connectivity index (χ0) is 33.8. The quantitative estimate of drug-likeness (QED) is 0.193. The van der Waals surface area contributed by atoms with E-state index in [0.29, 0.717) is 5.78 Å². The summed E-state index contributed by atoms with van der Waals surface area (Å²) in [6.07, 6.45) is 14.8. The maximum atomic E-state index is 14.7. The molecule has 260 valence electrons. The van der Waals surface area contributed by atoms with Gasteiger partial charge in [-0.05, 0) is 130 Å². The number of nitrogens with two attached hydrogens (primary N) is 1. The van der Waals surface area contributed by atoms with Crippen molar-refractivity contribution in [3.05, 3.63) is 11.6 Å². The highest BCUT2D eigenvalue weighted by molar-refractivity contribution is 5.95. The maximum absolute atomic E-state index is 14.7. The molecule has 5 aliphatic carbocycles. The van der Waals surface area contributed by atoms with Crippen LogP contribution >= 0.6 is 0 Å². The van der Waals surface area contributed by atoms with E-state index in [9.17, 15) is 14.4 Å². The second-order valence-corrected chi connectivity index (χ2v) is 18.0. The van der Waals surface area contributed by atoms with E-state index in [1.165, 1.54) is 12.7 Å². The van der Waals surface area contributed by atoms with E-state index in [2.05, 4.69) is 59.9 Å². The summed E-state index contributed by atoms with van der Waals surface area (Å²) in [4.78, 5) is 40.6. The molecule has 0 spiro atoms. The fourth-order valence-electron chi connectivity index (χ4n) is 11.9. The van der Waals surface area contributed by atoms with Crippen molar-refractivity contribution in [2.24, 2.45) is 56.0 Å². The normalized spacial score (nSPS) is 42.9. The number of fused-ring (bicyclic) bond motifs is 7. The molecule has 9 atom stereocenters. The van der Waals surface area contributed by atoms with Crippen molar-refractivity contribution in [2.75, 3.05) is 26.7 Å². The van der Waals surface area contributed by atoms with E-state index in [0.717, 1.165) is 96.6 Å². The Morgan fingerprint density at radius 1 is 0.913 bits per heavy atom. The molecule has 4 saturated carbocycles. The molecule has 0 heterocycles. The molecule has 0 aromatic rings. The molecule has 5 aliphatic rings. The van der Waals surface area contributed by atoms with Gasteiger partial charge < -0.3 is 20.5 Å². The van der Waals surface area contributed by atoms with E-state index >= 15 is 0 Å². The van der Waals surface area contributed by atoms with Gasteiger partial charge >= 0.3 is 11.9 Å². The minimum atomic E-state index is -0.512. The molecule has 0 aliphatic heterocycles. The monoisotopic (exact) mass is 640 g/mol. The average molecular weight is 641 g/mol. The molecule has 7 nitrogen and oxygen atoms in total. The Balaban J connectivity index is 1.35. The number of unbranched alkanes of at least 4 members (excludes halogenated alkanes) is 3. The molecule has 0 aromatic carbocycles. The minimum Gasteiger partial charge on any atom is -0.469 e. The maximum Gasteiger partial charge on any atom is 0.320 e. The average Bonchev–Trinajstić information content (AvgIpc) is 2.99. The van der Waals surface area contributed by atoms with Crippen molar-refractivity contribution >= 4 is 17.7 Å². The molecular weight excluding hydrogens is 576 g/mol. The molecule has 3 N–H and O–H groups in total. The molecule has 0 radical (unpaired) electrons. The fourth-order valence-corrected chi connectivity index (χ4v) is 11.9. The lowest BCUT2D eigenvalue weighted by atomic mass is 9.33. The van der Waals surface area contributed by atoms with Gasteiger partial charge in [0.05, 0.1) is 19.1 Å². The number of methoxy groups -OCH3 is 1. The van der Waals surface area contributed by atoms with Gasteiger partial charge in [-0.2, -0.15) is 0 Å². The molecule has 4 fully saturated rings. The molecule has 0 saturated heterocycles. The Kier molecular flexibility index (Phi) is 9.76. The van der Waals surface area contributed by atoms with E-state index in [1.807, 2.05) is 0 Å². The zero-order valence-corrected chi connectivity index (χ0v) is 30.3. The smallest absolute Gasteiger partial charge is 0.320 e. The van der Waals surface area contributed by atoms with Crippen LogP contribution in [-0.2, 0) is 23.9 Å². The molecule has 7 heteroatoms. The van der Waals surface area contributed by atoms with Crippen molar-refractivity contribution in [3.63, 3.8) is 0 Å². The van der Waals surface area contributed by atoms with Crippen molar-refractivity contribution in [1.82, 2.24) is 5.32 Å². The second-order valence-electron chi connectivity index (χ2n) is 18.0. The van der Waals surface area contributed by atoms with Crippen molar-refractivity contribution in [3.8, 4) is 0 Å². The van der Waals surface area contributed by atoms with Crippen LogP contribution in [0.25, 0.3) is 0 Å². The summed E-state index contributed by atoms with van der Waals surface area (Å²) in [5, 5.41) is 3.28. The van der Waals surface area contributed by atoms with Crippen LogP contribution in [0.2, 0.25) is 0 Å². The minimum absolute atomic E-state index is 0.0655. The third kappa shape index (κ3) is 5.61. The third-order valence-electron chi connectivity index (χ3n) is 15.0. The van der Waals surface area contributed by atoms with Crippen LogP contribution in [-0.4, -0.2) is 50.6 Å². The number of allylic oxidation sites excluding steroid dienone is 2. The van der Waals surface area contributed by atoms with Crippen LogP contribution in [0.3, 0.4) is 0 Å². The number of nitrogens with one attached hydrogen (secondary N) is 1. The van der Waals surface area contributed by atoms with Gasteiger partial charge in [0.15, 0.2) is 5.78 Å².